The van der Waals surface area contributed by atoms with Gasteiger partial charge in [-0.2, -0.15) is 0 Å². The summed E-state index contributed by atoms with van der Waals surface area (Å²) in [5, 5.41) is 5.87. The maximum atomic E-state index is 11.7. The number of rotatable bonds is 5. The van der Waals surface area contributed by atoms with Crippen LogP contribution in [0.4, 0.5) is 4.79 Å². The molecule has 0 aromatic rings. The Morgan fingerprint density at radius 2 is 2.11 bits per heavy atom. The summed E-state index contributed by atoms with van der Waals surface area (Å²) in [5.41, 5.74) is 0. The summed E-state index contributed by atoms with van der Waals surface area (Å²) < 4.78 is 11.1. The van der Waals surface area contributed by atoms with E-state index in [2.05, 4.69) is 10.6 Å². The van der Waals surface area contributed by atoms with E-state index < -0.39 is 0 Å². The van der Waals surface area contributed by atoms with Crippen LogP contribution < -0.4 is 10.6 Å². The third-order valence-electron chi connectivity index (χ3n) is 3.96. The summed E-state index contributed by atoms with van der Waals surface area (Å²) in [4.78, 5) is 11.7. The predicted octanol–water partition coefficient (Wildman–Crippen LogP) is 1.81. The van der Waals surface area contributed by atoms with Gasteiger partial charge in [0.1, 0.15) is 0 Å². The molecule has 0 bridgehead atoms. The van der Waals surface area contributed by atoms with Gasteiger partial charge in [0, 0.05) is 19.8 Å². The van der Waals surface area contributed by atoms with Crippen molar-refractivity contribution in [2.24, 2.45) is 0 Å². The van der Waals surface area contributed by atoms with E-state index in [4.69, 9.17) is 9.47 Å². The van der Waals surface area contributed by atoms with E-state index in [1.54, 1.807) is 0 Å². The van der Waals surface area contributed by atoms with Gasteiger partial charge >= 0.3 is 6.03 Å². The van der Waals surface area contributed by atoms with E-state index in [1.165, 1.54) is 19.3 Å². The van der Waals surface area contributed by atoms with Crippen LogP contribution in [0.3, 0.4) is 0 Å². The molecule has 5 nitrogen and oxygen atoms in total. The first-order chi connectivity index (χ1) is 9.25. The largest absolute Gasteiger partial charge is 0.378 e. The molecule has 2 saturated heterocycles. The lowest BCUT2D eigenvalue weighted by molar-refractivity contribution is 0.0103. The van der Waals surface area contributed by atoms with Gasteiger partial charge in [-0.3, -0.25) is 0 Å². The average Bonchev–Trinajstić information content (AvgIpc) is 2.82. The van der Waals surface area contributed by atoms with Gasteiger partial charge in [0.25, 0.3) is 0 Å². The van der Waals surface area contributed by atoms with Crippen molar-refractivity contribution in [3.8, 4) is 0 Å². The van der Waals surface area contributed by atoms with Gasteiger partial charge in [0.05, 0.1) is 18.2 Å². The maximum absolute atomic E-state index is 11.7. The highest BCUT2D eigenvalue weighted by Crippen LogP contribution is 2.16. The van der Waals surface area contributed by atoms with E-state index in [0.29, 0.717) is 12.6 Å². The molecule has 0 aromatic carbocycles. The second-order valence-electron chi connectivity index (χ2n) is 5.50. The van der Waals surface area contributed by atoms with E-state index in [9.17, 15) is 4.79 Å². The quantitative estimate of drug-likeness (QED) is 0.749. The van der Waals surface area contributed by atoms with Crippen molar-refractivity contribution in [2.45, 2.75) is 63.7 Å². The Labute approximate surface area is 115 Å². The second kappa shape index (κ2) is 7.70. The zero-order chi connectivity index (χ0) is 13.5. The maximum Gasteiger partial charge on any atom is 0.315 e. The highest BCUT2D eigenvalue weighted by atomic mass is 16.5. The molecule has 5 heteroatoms. The number of hydrogen-bond donors (Lipinski definition) is 2. The Morgan fingerprint density at radius 1 is 1.21 bits per heavy atom. The minimum Gasteiger partial charge on any atom is -0.378 e. The van der Waals surface area contributed by atoms with Crippen molar-refractivity contribution in [1.29, 1.82) is 0 Å². The van der Waals surface area contributed by atoms with Crippen LogP contribution in [0.2, 0.25) is 0 Å². The minimum absolute atomic E-state index is 0.0769. The van der Waals surface area contributed by atoms with Crippen LogP contribution in [0.15, 0.2) is 0 Å². The fraction of sp³-hybridized carbons (Fsp3) is 0.929. The van der Waals surface area contributed by atoms with Gasteiger partial charge in [-0.25, -0.2) is 4.79 Å². The van der Waals surface area contributed by atoms with Gasteiger partial charge in [-0.05, 0) is 45.4 Å². The Bertz CT molecular complexity index is 280. The molecule has 2 N–H and O–H groups in total. The van der Waals surface area contributed by atoms with Crippen molar-refractivity contribution < 1.29 is 14.3 Å². The number of urea groups is 1. The highest BCUT2D eigenvalue weighted by molar-refractivity contribution is 5.74. The first-order valence-electron chi connectivity index (χ1n) is 7.53. The van der Waals surface area contributed by atoms with Crippen LogP contribution in [0.1, 0.15) is 45.4 Å². The van der Waals surface area contributed by atoms with E-state index in [1.807, 2.05) is 6.92 Å². The third kappa shape index (κ3) is 4.99. The van der Waals surface area contributed by atoms with Gasteiger partial charge in [0.2, 0.25) is 0 Å². The van der Waals surface area contributed by atoms with Crippen LogP contribution in [0, 0.1) is 0 Å². The Kier molecular flexibility index (Phi) is 5.92. The van der Waals surface area contributed by atoms with Crippen LogP contribution in [0.25, 0.3) is 0 Å². The fourth-order valence-corrected chi connectivity index (χ4v) is 2.71. The number of hydrogen-bond acceptors (Lipinski definition) is 3. The molecule has 0 aromatic heterocycles. The van der Waals surface area contributed by atoms with Crippen molar-refractivity contribution >= 4 is 6.03 Å². The van der Waals surface area contributed by atoms with Crippen molar-refractivity contribution in [2.75, 3.05) is 19.8 Å². The summed E-state index contributed by atoms with van der Waals surface area (Å²) in [6.07, 6.45) is 7.10. The van der Waals surface area contributed by atoms with Crippen LogP contribution in [-0.2, 0) is 9.47 Å². The number of carbonyl (C=O) groups excluding carboxylic acids is 1. The van der Waals surface area contributed by atoms with E-state index in [-0.39, 0.29) is 18.2 Å². The van der Waals surface area contributed by atoms with Gasteiger partial charge < -0.3 is 20.1 Å². The smallest absolute Gasteiger partial charge is 0.315 e. The van der Waals surface area contributed by atoms with Crippen LogP contribution in [0.5, 0.6) is 0 Å². The molecule has 2 aliphatic heterocycles. The molecule has 0 saturated carbocycles. The molecular weight excluding hydrogens is 244 g/mol. The Balaban J connectivity index is 1.51. The molecule has 0 spiro atoms. The second-order valence-corrected chi connectivity index (χ2v) is 5.50. The summed E-state index contributed by atoms with van der Waals surface area (Å²) in [6.45, 7) is 4.36. The monoisotopic (exact) mass is 270 g/mol. The molecular formula is C14H26N2O3. The summed E-state index contributed by atoms with van der Waals surface area (Å²) in [7, 11) is 0. The molecule has 2 rings (SSSR count). The molecule has 2 aliphatic rings. The first-order valence-corrected chi connectivity index (χ1v) is 7.53. The Morgan fingerprint density at radius 3 is 2.79 bits per heavy atom. The molecule has 0 radical (unpaired) electrons. The first kappa shape index (κ1) is 14.6. The highest BCUT2D eigenvalue weighted by Gasteiger charge is 2.25. The van der Waals surface area contributed by atoms with Crippen LogP contribution in [-0.4, -0.2) is 44.0 Å². The van der Waals surface area contributed by atoms with Crippen molar-refractivity contribution in [1.82, 2.24) is 10.6 Å². The molecule has 0 aliphatic carbocycles. The van der Waals surface area contributed by atoms with Gasteiger partial charge in [0.15, 0.2) is 0 Å². The van der Waals surface area contributed by atoms with Crippen molar-refractivity contribution in [3.05, 3.63) is 0 Å². The number of nitrogens with one attached hydrogen (secondary N) is 2. The zero-order valence-electron chi connectivity index (χ0n) is 11.8. The number of carbonyl (C=O) groups is 1. The van der Waals surface area contributed by atoms with Crippen LogP contribution >= 0.6 is 0 Å². The van der Waals surface area contributed by atoms with Crippen molar-refractivity contribution in [3.63, 3.8) is 0 Å². The standard InChI is InChI=1S/C14H26N2O3/c1-11-13(7-10-18-11)16-14(17)15-8-4-6-12-5-2-3-9-19-12/h11-13H,2-10H2,1H3,(H2,15,16,17)/t11-,12+,13+/m0/s1. The lowest BCUT2D eigenvalue weighted by Crippen LogP contribution is -2.45. The predicted molar refractivity (Wildman–Crippen MR) is 73.2 cm³/mol. The lowest BCUT2D eigenvalue weighted by atomic mass is 10.0. The molecule has 19 heavy (non-hydrogen) atoms. The third-order valence-corrected chi connectivity index (χ3v) is 3.96. The SMILES string of the molecule is C[C@@H]1OCC[C@H]1NC(=O)NCCC[C@H]1CCCCO1. The summed E-state index contributed by atoms with van der Waals surface area (Å²) in [6, 6.07) is 0.0774. The zero-order valence-corrected chi connectivity index (χ0v) is 11.8. The molecule has 2 fully saturated rings. The van der Waals surface area contributed by atoms with E-state index >= 15 is 0 Å². The molecule has 110 valence electrons. The summed E-state index contributed by atoms with van der Waals surface area (Å²) in [5.74, 6) is 0. The molecule has 2 amide bonds. The molecule has 0 unspecified atom stereocenters. The van der Waals surface area contributed by atoms with E-state index in [0.717, 1.165) is 32.5 Å². The average molecular weight is 270 g/mol. The topological polar surface area (TPSA) is 59.6 Å². The number of ether oxygens (including phenoxy) is 2. The fourth-order valence-electron chi connectivity index (χ4n) is 2.71. The molecule has 2 heterocycles. The minimum atomic E-state index is -0.0769. The van der Waals surface area contributed by atoms with Gasteiger partial charge in [-0.15, -0.1) is 0 Å². The normalized spacial score (nSPS) is 31.1. The molecule has 3 atom stereocenters. The number of amides is 2. The van der Waals surface area contributed by atoms with Gasteiger partial charge in [-0.1, -0.05) is 0 Å². The summed E-state index contributed by atoms with van der Waals surface area (Å²) >= 11 is 0. The lowest BCUT2D eigenvalue weighted by Gasteiger charge is -2.22. The Hall–Kier alpha value is -0.810.